The zero-order valence-corrected chi connectivity index (χ0v) is 13.9. The van der Waals surface area contributed by atoms with Crippen molar-refractivity contribution >= 4 is 34.1 Å². The number of hydrogen-bond acceptors (Lipinski definition) is 8. The van der Waals surface area contributed by atoms with Crippen molar-refractivity contribution in [2.45, 2.75) is 12.5 Å². The summed E-state index contributed by atoms with van der Waals surface area (Å²) in [5.74, 6) is 0.226. The van der Waals surface area contributed by atoms with Gasteiger partial charge in [0.1, 0.15) is 5.82 Å². The van der Waals surface area contributed by atoms with Gasteiger partial charge in [0.05, 0.1) is 23.6 Å². The fourth-order valence-corrected chi connectivity index (χ4v) is 2.89. The van der Waals surface area contributed by atoms with Gasteiger partial charge in [0.25, 0.3) is 5.91 Å². The lowest BCUT2D eigenvalue weighted by Gasteiger charge is -2.14. The number of carbonyl (C=O) groups excluding carboxylic acids is 1. The first-order chi connectivity index (χ1) is 12.7. The second kappa shape index (κ2) is 6.89. The van der Waals surface area contributed by atoms with Crippen molar-refractivity contribution in [2.24, 2.45) is 5.73 Å². The van der Waals surface area contributed by atoms with Gasteiger partial charge >= 0.3 is 0 Å². The number of rotatable bonds is 5. The number of nitrogens with one attached hydrogen (secondary N) is 3. The molecule has 3 aromatic rings. The summed E-state index contributed by atoms with van der Waals surface area (Å²) in [4.78, 5) is 28.8. The summed E-state index contributed by atoms with van der Waals surface area (Å²) in [5.41, 5.74) is 7.01. The van der Waals surface area contributed by atoms with Crippen molar-refractivity contribution in [3.8, 4) is 0 Å². The summed E-state index contributed by atoms with van der Waals surface area (Å²) in [6.45, 7) is 1.83. The molecule has 1 saturated heterocycles. The topological polar surface area (TPSA) is 131 Å². The summed E-state index contributed by atoms with van der Waals surface area (Å²) < 4.78 is 0. The Kier molecular flexibility index (Phi) is 4.28. The monoisotopic (exact) mass is 350 g/mol. The average molecular weight is 350 g/mol. The predicted molar refractivity (Wildman–Crippen MR) is 98.3 cm³/mol. The second-order valence-electron chi connectivity index (χ2n) is 6.07. The molecule has 0 aliphatic carbocycles. The molecule has 132 valence electrons. The van der Waals surface area contributed by atoms with Crippen LogP contribution < -0.4 is 21.7 Å². The van der Waals surface area contributed by atoms with E-state index in [1.54, 1.807) is 18.6 Å². The van der Waals surface area contributed by atoms with Crippen LogP contribution in [0, 0.1) is 0 Å². The molecule has 9 nitrogen and oxygen atoms in total. The first kappa shape index (κ1) is 16.2. The summed E-state index contributed by atoms with van der Waals surface area (Å²) in [6.07, 6.45) is 7.59. The minimum absolute atomic E-state index is 0.0754. The molecule has 0 bridgehead atoms. The number of nitrogens with zero attached hydrogens (tertiary/aromatic N) is 4. The van der Waals surface area contributed by atoms with Gasteiger partial charge < -0.3 is 21.7 Å². The van der Waals surface area contributed by atoms with Crippen LogP contribution in [-0.2, 0) is 0 Å². The van der Waals surface area contributed by atoms with Crippen LogP contribution in [0.15, 0.2) is 36.9 Å². The molecular weight excluding hydrogens is 332 g/mol. The molecule has 26 heavy (non-hydrogen) atoms. The number of anilines is 3. The fraction of sp³-hybridized carbons (Fsp3) is 0.235. The first-order valence-electron chi connectivity index (χ1n) is 8.30. The predicted octanol–water partition coefficient (Wildman–Crippen LogP) is 1.04. The van der Waals surface area contributed by atoms with E-state index in [9.17, 15) is 4.79 Å². The molecule has 1 aliphatic heterocycles. The molecule has 0 saturated carbocycles. The lowest BCUT2D eigenvalue weighted by molar-refractivity contribution is 0.0996. The van der Waals surface area contributed by atoms with E-state index in [1.807, 2.05) is 12.1 Å². The van der Waals surface area contributed by atoms with E-state index in [1.165, 1.54) is 6.20 Å². The summed E-state index contributed by atoms with van der Waals surface area (Å²) in [6, 6.07) is 3.99. The van der Waals surface area contributed by atoms with E-state index < -0.39 is 5.91 Å². The highest BCUT2D eigenvalue weighted by molar-refractivity contribution is 5.96. The van der Waals surface area contributed by atoms with Crippen LogP contribution in [-0.4, -0.2) is 45.0 Å². The molecule has 9 heteroatoms. The molecule has 0 spiro atoms. The molecule has 0 unspecified atom stereocenters. The van der Waals surface area contributed by atoms with Gasteiger partial charge in [-0.05, 0) is 25.1 Å². The van der Waals surface area contributed by atoms with Crippen LogP contribution in [0.3, 0.4) is 0 Å². The lowest BCUT2D eigenvalue weighted by atomic mass is 10.2. The Morgan fingerprint density at radius 1 is 1.27 bits per heavy atom. The number of aromatic nitrogens is 4. The van der Waals surface area contributed by atoms with Gasteiger partial charge in [-0.1, -0.05) is 0 Å². The molecule has 0 radical (unpaired) electrons. The van der Waals surface area contributed by atoms with E-state index >= 15 is 0 Å². The zero-order valence-electron chi connectivity index (χ0n) is 13.9. The number of nitrogens with two attached hydrogens (primary N) is 1. The SMILES string of the molecule is NC(=O)c1ncc(N[C@@H]2CCNC2)nc1Nc1cnc2ccncc2c1. The highest BCUT2D eigenvalue weighted by Gasteiger charge is 2.17. The number of amides is 1. The normalized spacial score (nSPS) is 16.5. The average Bonchev–Trinajstić information content (AvgIpc) is 3.14. The van der Waals surface area contributed by atoms with Gasteiger partial charge in [-0.2, -0.15) is 0 Å². The van der Waals surface area contributed by atoms with Gasteiger partial charge in [-0.15, -0.1) is 0 Å². The van der Waals surface area contributed by atoms with Gasteiger partial charge in [0.2, 0.25) is 0 Å². The highest BCUT2D eigenvalue weighted by atomic mass is 16.1. The Balaban J connectivity index is 1.64. The van der Waals surface area contributed by atoms with Crippen molar-refractivity contribution in [3.05, 3.63) is 42.6 Å². The van der Waals surface area contributed by atoms with Crippen LogP contribution in [0.1, 0.15) is 16.9 Å². The molecule has 1 aliphatic rings. The Bertz CT molecular complexity index is 954. The number of primary amides is 1. The zero-order chi connectivity index (χ0) is 17.9. The number of hydrogen-bond donors (Lipinski definition) is 4. The van der Waals surface area contributed by atoms with Gasteiger partial charge in [0.15, 0.2) is 11.5 Å². The highest BCUT2D eigenvalue weighted by Crippen LogP contribution is 2.22. The Morgan fingerprint density at radius 2 is 2.19 bits per heavy atom. The molecule has 0 aromatic carbocycles. The van der Waals surface area contributed by atoms with Crippen LogP contribution in [0.25, 0.3) is 10.9 Å². The third-order valence-electron chi connectivity index (χ3n) is 4.16. The minimum Gasteiger partial charge on any atom is -0.365 e. The Hall–Kier alpha value is -3.33. The maximum absolute atomic E-state index is 11.7. The van der Waals surface area contributed by atoms with E-state index in [4.69, 9.17) is 5.73 Å². The van der Waals surface area contributed by atoms with E-state index in [2.05, 4.69) is 35.9 Å². The van der Waals surface area contributed by atoms with Crippen LogP contribution in [0.2, 0.25) is 0 Å². The fourth-order valence-electron chi connectivity index (χ4n) is 2.89. The van der Waals surface area contributed by atoms with Crippen LogP contribution in [0.4, 0.5) is 17.3 Å². The first-order valence-corrected chi connectivity index (χ1v) is 8.30. The standard InChI is InChI=1S/C17H18N8O/c18-16(26)15-17(25-14(9-22-15)23-11-1-3-20-7-11)24-12-5-10-6-19-4-2-13(10)21-8-12/h2,4-6,8-9,11,20H,1,3,7H2,(H2,18,26)(H2,23,24,25)/t11-/m1/s1. The quantitative estimate of drug-likeness (QED) is 0.537. The van der Waals surface area contributed by atoms with Crippen LogP contribution in [0.5, 0.6) is 0 Å². The molecule has 5 N–H and O–H groups in total. The Labute approximate surface area is 149 Å². The summed E-state index contributed by atoms with van der Waals surface area (Å²) >= 11 is 0. The number of pyridine rings is 2. The van der Waals surface area contributed by atoms with E-state index in [0.717, 1.165) is 30.4 Å². The second-order valence-corrected chi connectivity index (χ2v) is 6.07. The third kappa shape index (κ3) is 3.38. The molecule has 1 amide bonds. The lowest BCUT2D eigenvalue weighted by Crippen LogP contribution is -2.24. The van der Waals surface area contributed by atoms with Gasteiger partial charge in [0, 0.05) is 30.4 Å². The maximum Gasteiger partial charge on any atom is 0.271 e. The summed E-state index contributed by atoms with van der Waals surface area (Å²) in [5, 5.41) is 10.6. The minimum atomic E-state index is -0.649. The molecule has 4 heterocycles. The smallest absolute Gasteiger partial charge is 0.271 e. The van der Waals surface area contributed by atoms with Gasteiger partial charge in [-0.3, -0.25) is 14.8 Å². The molecule has 3 aromatic heterocycles. The largest absolute Gasteiger partial charge is 0.365 e. The number of carbonyl (C=O) groups is 1. The van der Waals surface area contributed by atoms with Crippen molar-refractivity contribution in [1.29, 1.82) is 0 Å². The van der Waals surface area contributed by atoms with Crippen molar-refractivity contribution in [2.75, 3.05) is 23.7 Å². The molecule has 1 atom stereocenters. The number of fused-ring (bicyclic) bond motifs is 1. The molecule has 4 rings (SSSR count). The van der Waals surface area contributed by atoms with Gasteiger partial charge in [-0.25, -0.2) is 9.97 Å². The molecular formula is C17H18N8O. The van der Waals surface area contributed by atoms with Crippen molar-refractivity contribution in [3.63, 3.8) is 0 Å². The van der Waals surface area contributed by atoms with E-state index in [-0.39, 0.29) is 11.7 Å². The summed E-state index contributed by atoms with van der Waals surface area (Å²) in [7, 11) is 0. The van der Waals surface area contributed by atoms with Crippen LogP contribution >= 0.6 is 0 Å². The Morgan fingerprint density at radius 3 is 3.00 bits per heavy atom. The third-order valence-corrected chi connectivity index (χ3v) is 4.16. The van der Waals surface area contributed by atoms with Crippen molar-refractivity contribution in [1.82, 2.24) is 25.3 Å². The molecule has 1 fully saturated rings. The van der Waals surface area contributed by atoms with E-state index in [0.29, 0.717) is 17.3 Å². The maximum atomic E-state index is 11.7. The van der Waals surface area contributed by atoms with Crippen molar-refractivity contribution < 1.29 is 4.79 Å².